The summed E-state index contributed by atoms with van der Waals surface area (Å²) in [6.45, 7) is 0. The number of nitrogens with zero attached hydrogens (tertiary/aromatic N) is 3. The fraction of sp³-hybridized carbons (Fsp3) is 0.533. The number of aromatic nitrogens is 3. The smallest absolute Gasteiger partial charge is 0.248 e. The van der Waals surface area contributed by atoms with Gasteiger partial charge in [0.1, 0.15) is 6.33 Å². The van der Waals surface area contributed by atoms with Crippen molar-refractivity contribution in [1.29, 1.82) is 0 Å². The van der Waals surface area contributed by atoms with Crippen molar-refractivity contribution in [3.63, 3.8) is 0 Å². The van der Waals surface area contributed by atoms with Crippen LogP contribution in [0, 0.1) is 0 Å². The van der Waals surface area contributed by atoms with Crippen molar-refractivity contribution < 1.29 is 4.79 Å². The molecule has 1 saturated carbocycles. The van der Waals surface area contributed by atoms with Crippen LogP contribution in [0.15, 0.2) is 17.8 Å². The van der Waals surface area contributed by atoms with Gasteiger partial charge in [-0.25, -0.2) is 9.67 Å². The van der Waals surface area contributed by atoms with Crippen LogP contribution in [-0.4, -0.2) is 20.7 Å². The van der Waals surface area contributed by atoms with Crippen molar-refractivity contribution >= 4 is 34.8 Å². The van der Waals surface area contributed by atoms with E-state index in [9.17, 15) is 4.79 Å². The van der Waals surface area contributed by atoms with E-state index in [0.29, 0.717) is 24.8 Å². The molecule has 0 saturated heterocycles. The minimum absolute atomic E-state index is 0.0640. The lowest BCUT2D eigenvalue weighted by molar-refractivity contribution is -0.116. The van der Waals surface area contributed by atoms with E-state index in [0.717, 1.165) is 22.7 Å². The van der Waals surface area contributed by atoms with Crippen LogP contribution >= 0.6 is 22.9 Å². The number of hydrogen-bond acceptors (Lipinski definition) is 4. The molecule has 2 aromatic heterocycles. The second-order valence-corrected chi connectivity index (χ2v) is 7.05. The molecule has 5 nitrogen and oxygen atoms in total. The second-order valence-electron chi connectivity index (χ2n) is 5.62. The first kappa shape index (κ1) is 15.5. The van der Waals surface area contributed by atoms with E-state index in [1.807, 2.05) is 16.1 Å². The van der Waals surface area contributed by atoms with Crippen LogP contribution in [0.4, 0.5) is 5.95 Å². The van der Waals surface area contributed by atoms with Gasteiger partial charge in [-0.3, -0.25) is 10.1 Å². The summed E-state index contributed by atoms with van der Waals surface area (Å²) in [4.78, 5) is 17.3. The first-order valence-electron chi connectivity index (χ1n) is 7.64. The highest BCUT2D eigenvalue weighted by atomic mass is 35.5. The maximum Gasteiger partial charge on any atom is 0.248 e. The molecule has 1 N–H and O–H groups in total. The molecule has 1 amide bonds. The molecule has 0 spiro atoms. The third-order valence-corrected chi connectivity index (χ3v) is 5.27. The summed E-state index contributed by atoms with van der Waals surface area (Å²) in [5.74, 6) is 0.339. The molecule has 1 fully saturated rings. The number of amides is 1. The number of hydrogen-bond donors (Lipinski definition) is 1. The van der Waals surface area contributed by atoms with E-state index in [-0.39, 0.29) is 5.91 Å². The molecule has 0 aliphatic heterocycles. The van der Waals surface area contributed by atoms with Gasteiger partial charge in [-0.15, -0.1) is 16.4 Å². The molecule has 22 heavy (non-hydrogen) atoms. The van der Waals surface area contributed by atoms with E-state index in [2.05, 4.69) is 15.4 Å². The van der Waals surface area contributed by atoms with Crippen LogP contribution in [0.25, 0.3) is 0 Å². The summed E-state index contributed by atoms with van der Waals surface area (Å²) in [7, 11) is 0. The summed E-state index contributed by atoms with van der Waals surface area (Å²) in [5.41, 5.74) is 0. The van der Waals surface area contributed by atoms with Crippen molar-refractivity contribution in [2.24, 2.45) is 0 Å². The standard InChI is InChI=1S/C15H19ClN4OS/c16-11-8-13(22-9-11)6-7-14(21)18-15-17-10-20(19-15)12-4-2-1-3-5-12/h8-10,12H,1-7H2,(H,18,19,21). The number of nitrogens with one attached hydrogen (secondary N) is 1. The second kappa shape index (κ2) is 7.24. The van der Waals surface area contributed by atoms with Crippen LogP contribution < -0.4 is 5.32 Å². The number of anilines is 1. The van der Waals surface area contributed by atoms with Crippen molar-refractivity contribution in [2.75, 3.05) is 5.32 Å². The summed E-state index contributed by atoms with van der Waals surface area (Å²) < 4.78 is 1.90. The first-order valence-corrected chi connectivity index (χ1v) is 8.90. The number of carbonyl (C=O) groups is 1. The molecule has 0 atom stereocenters. The van der Waals surface area contributed by atoms with Crippen molar-refractivity contribution in [2.45, 2.75) is 51.0 Å². The molecule has 1 aliphatic carbocycles. The monoisotopic (exact) mass is 338 g/mol. The molecule has 118 valence electrons. The summed E-state index contributed by atoms with van der Waals surface area (Å²) in [6.07, 6.45) is 8.92. The lowest BCUT2D eigenvalue weighted by Crippen LogP contribution is -2.15. The highest BCUT2D eigenvalue weighted by Gasteiger charge is 2.17. The Hall–Kier alpha value is -1.40. The Labute approximate surface area is 138 Å². The quantitative estimate of drug-likeness (QED) is 0.894. The predicted molar refractivity (Wildman–Crippen MR) is 88.4 cm³/mol. The minimum atomic E-state index is -0.0640. The third-order valence-electron chi connectivity index (χ3n) is 3.93. The van der Waals surface area contributed by atoms with Gasteiger partial charge in [-0.2, -0.15) is 0 Å². The Kier molecular flexibility index (Phi) is 5.10. The zero-order valence-electron chi connectivity index (χ0n) is 12.3. The molecule has 0 bridgehead atoms. The summed E-state index contributed by atoms with van der Waals surface area (Å²) >= 11 is 7.44. The van der Waals surface area contributed by atoms with Crippen LogP contribution in [0.1, 0.15) is 49.4 Å². The van der Waals surface area contributed by atoms with Gasteiger partial charge in [-0.05, 0) is 25.3 Å². The van der Waals surface area contributed by atoms with Gasteiger partial charge >= 0.3 is 0 Å². The molecule has 7 heteroatoms. The van der Waals surface area contributed by atoms with E-state index in [4.69, 9.17) is 11.6 Å². The van der Waals surface area contributed by atoms with E-state index in [1.165, 1.54) is 19.3 Å². The first-order chi connectivity index (χ1) is 10.7. The van der Waals surface area contributed by atoms with Gasteiger partial charge < -0.3 is 0 Å². The Morgan fingerprint density at radius 3 is 2.95 bits per heavy atom. The maximum atomic E-state index is 11.9. The van der Waals surface area contributed by atoms with Gasteiger partial charge in [0.15, 0.2) is 0 Å². The highest BCUT2D eigenvalue weighted by Crippen LogP contribution is 2.27. The zero-order chi connectivity index (χ0) is 15.4. The highest BCUT2D eigenvalue weighted by molar-refractivity contribution is 7.10. The lowest BCUT2D eigenvalue weighted by Gasteiger charge is -2.21. The molecular formula is C15H19ClN4OS. The average molecular weight is 339 g/mol. The molecule has 3 rings (SSSR count). The van der Waals surface area contributed by atoms with Crippen LogP contribution in [-0.2, 0) is 11.2 Å². The molecular weight excluding hydrogens is 320 g/mol. The number of rotatable bonds is 5. The largest absolute Gasteiger partial charge is 0.293 e. The van der Waals surface area contributed by atoms with Crippen molar-refractivity contribution in [3.8, 4) is 0 Å². The number of thiophene rings is 1. The average Bonchev–Trinajstić information content (AvgIpc) is 3.15. The van der Waals surface area contributed by atoms with Crippen molar-refractivity contribution in [3.05, 3.63) is 27.7 Å². The van der Waals surface area contributed by atoms with Gasteiger partial charge in [0, 0.05) is 16.7 Å². The Morgan fingerprint density at radius 2 is 2.23 bits per heavy atom. The van der Waals surface area contributed by atoms with Gasteiger partial charge in [0.25, 0.3) is 0 Å². The Morgan fingerprint density at radius 1 is 1.41 bits per heavy atom. The fourth-order valence-electron chi connectivity index (χ4n) is 2.76. The topological polar surface area (TPSA) is 59.8 Å². The lowest BCUT2D eigenvalue weighted by atomic mass is 9.96. The number of aryl methyl sites for hydroxylation is 1. The van der Waals surface area contributed by atoms with Gasteiger partial charge in [0.05, 0.1) is 11.1 Å². The Balaban J connectivity index is 1.50. The fourth-order valence-corrected chi connectivity index (χ4v) is 3.84. The Bertz CT molecular complexity index is 633. The van der Waals surface area contributed by atoms with Crippen LogP contribution in [0.2, 0.25) is 5.02 Å². The number of carbonyl (C=O) groups excluding carboxylic acids is 1. The van der Waals surface area contributed by atoms with E-state index >= 15 is 0 Å². The summed E-state index contributed by atoms with van der Waals surface area (Å²) in [5, 5.41) is 9.76. The van der Waals surface area contributed by atoms with E-state index in [1.54, 1.807) is 17.7 Å². The minimum Gasteiger partial charge on any atom is -0.293 e. The maximum absolute atomic E-state index is 11.9. The van der Waals surface area contributed by atoms with Crippen LogP contribution in [0.5, 0.6) is 0 Å². The van der Waals surface area contributed by atoms with Crippen molar-refractivity contribution in [1.82, 2.24) is 14.8 Å². The molecule has 1 aliphatic rings. The predicted octanol–water partition coefficient (Wildman–Crippen LogP) is 4.07. The molecule has 0 unspecified atom stereocenters. The van der Waals surface area contributed by atoms with Crippen LogP contribution in [0.3, 0.4) is 0 Å². The van der Waals surface area contributed by atoms with Gasteiger partial charge in [-0.1, -0.05) is 30.9 Å². The summed E-state index contributed by atoms with van der Waals surface area (Å²) in [6, 6.07) is 2.33. The molecule has 2 heterocycles. The SMILES string of the molecule is O=C(CCc1cc(Cl)cs1)Nc1ncn(C2CCCCC2)n1. The zero-order valence-corrected chi connectivity index (χ0v) is 13.9. The van der Waals surface area contributed by atoms with Gasteiger partial charge in [0.2, 0.25) is 11.9 Å². The number of halogens is 1. The molecule has 0 aromatic carbocycles. The van der Waals surface area contributed by atoms with E-state index < -0.39 is 0 Å². The normalized spacial score (nSPS) is 15.9. The third kappa shape index (κ3) is 4.08. The molecule has 0 radical (unpaired) electrons. The molecule has 2 aromatic rings.